The molecule has 0 bridgehead atoms. The second kappa shape index (κ2) is 6.33. The van der Waals surface area contributed by atoms with Gasteiger partial charge in [0.25, 0.3) is 0 Å². The highest BCUT2D eigenvalue weighted by atomic mass is 16.5. The zero-order valence-corrected chi connectivity index (χ0v) is 10.2. The molecule has 0 aliphatic rings. The number of likely N-dealkylation sites (N-methyl/N-ethyl adjacent to an activating group) is 1. The minimum Gasteiger partial charge on any atom is -0.487 e. The fourth-order valence-electron chi connectivity index (χ4n) is 1.50. The quantitative estimate of drug-likeness (QED) is 0.798. The maximum absolute atomic E-state index is 8.99. The molecule has 1 rings (SSSR count). The Morgan fingerprint density at radius 1 is 1.50 bits per heavy atom. The van der Waals surface area contributed by atoms with Crippen molar-refractivity contribution in [3.8, 4) is 5.75 Å². The lowest BCUT2D eigenvalue weighted by Crippen LogP contribution is -2.28. The molecule has 90 valence electrons. The highest BCUT2D eigenvalue weighted by Gasteiger charge is 2.12. The van der Waals surface area contributed by atoms with Gasteiger partial charge in [-0.15, -0.1) is 0 Å². The minimum atomic E-state index is 0.117. The number of hydrogen-bond donors (Lipinski definition) is 1. The maximum Gasteiger partial charge on any atom is 0.171 e. The number of aliphatic hydroxyl groups excluding tert-OH is 1. The van der Waals surface area contributed by atoms with Gasteiger partial charge in [-0.05, 0) is 32.9 Å². The molecule has 1 aromatic rings. The topological polar surface area (TPSA) is 45.6 Å². The average Bonchev–Trinajstić information content (AvgIpc) is 2.26. The molecule has 0 aromatic carbocycles. The van der Waals surface area contributed by atoms with Crippen LogP contribution in [0.2, 0.25) is 0 Å². The predicted octanol–water partition coefficient (Wildman–Crippen LogP) is 1.69. The molecule has 0 saturated carbocycles. The molecule has 0 aliphatic carbocycles. The molecular weight excluding hydrogens is 204 g/mol. The van der Waals surface area contributed by atoms with Crippen LogP contribution in [-0.4, -0.2) is 35.9 Å². The van der Waals surface area contributed by atoms with Crippen molar-refractivity contribution in [2.75, 3.05) is 24.6 Å². The summed E-state index contributed by atoms with van der Waals surface area (Å²) in [6, 6.07) is 3.76. The zero-order chi connectivity index (χ0) is 12.0. The Morgan fingerprint density at radius 2 is 2.25 bits per heavy atom. The van der Waals surface area contributed by atoms with Gasteiger partial charge in [-0.3, -0.25) is 0 Å². The summed E-state index contributed by atoms with van der Waals surface area (Å²) in [6.45, 7) is 7.49. The highest BCUT2D eigenvalue weighted by molar-refractivity contribution is 5.52. The van der Waals surface area contributed by atoms with E-state index in [1.54, 1.807) is 6.20 Å². The monoisotopic (exact) mass is 224 g/mol. The molecule has 0 spiro atoms. The summed E-state index contributed by atoms with van der Waals surface area (Å²) in [4.78, 5) is 6.31. The van der Waals surface area contributed by atoms with Gasteiger partial charge in [-0.2, -0.15) is 0 Å². The van der Waals surface area contributed by atoms with E-state index in [2.05, 4.69) is 4.98 Å². The van der Waals surface area contributed by atoms with E-state index in [4.69, 9.17) is 9.84 Å². The first-order valence-electron chi connectivity index (χ1n) is 5.66. The van der Waals surface area contributed by atoms with Crippen LogP contribution in [0.1, 0.15) is 20.8 Å². The SMILES string of the molecule is CCN(CCO)c1ncccc1OC(C)C. The third-order valence-corrected chi connectivity index (χ3v) is 2.16. The third-order valence-electron chi connectivity index (χ3n) is 2.16. The van der Waals surface area contributed by atoms with Crippen LogP contribution in [0.4, 0.5) is 5.82 Å². The molecule has 1 N–H and O–H groups in total. The molecule has 0 unspecified atom stereocenters. The van der Waals surface area contributed by atoms with Gasteiger partial charge in [0.15, 0.2) is 11.6 Å². The largest absolute Gasteiger partial charge is 0.487 e. The average molecular weight is 224 g/mol. The Labute approximate surface area is 96.9 Å². The minimum absolute atomic E-state index is 0.117. The van der Waals surface area contributed by atoms with Crippen LogP contribution in [0.15, 0.2) is 18.3 Å². The van der Waals surface area contributed by atoms with E-state index in [1.807, 2.05) is 37.8 Å². The van der Waals surface area contributed by atoms with Crippen LogP contribution in [0.25, 0.3) is 0 Å². The Kier molecular flexibility index (Phi) is 5.05. The molecule has 0 atom stereocenters. The van der Waals surface area contributed by atoms with Crippen molar-refractivity contribution in [2.45, 2.75) is 26.9 Å². The Morgan fingerprint density at radius 3 is 2.81 bits per heavy atom. The fraction of sp³-hybridized carbons (Fsp3) is 0.583. The van der Waals surface area contributed by atoms with Gasteiger partial charge in [0.1, 0.15) is 0 Å². The van der Waals surface area contributed by atoms with Crippen molar-refractivity contribution in [1.29, 1.82) is 0 Å². The molecule has 4 heteroatoms. The van der Waals surface area contributed by atoms with Gasteiger partial charge in [0, 0.05) is 19.3 Å². The molecule has 16 heavy (non-hydrogen) atoms. The van der Waals surface area contributed by atoms with E-state index in [1.165, 1.54) is 0 Å². The molecule has 1 heterocycles. The molecule has 0 radical (unpaired) electrons. The van der Waals surface area contributed by atoms with Crippen molar-refractivity contribution in [3.63, 3.8) is 0 Å². The van der Waals surface area contributed by atoms with Gasteiger partial charge >= 0.3 is 0 Å². The van der Waals surface area contributed by atoms with Crippen molar-refractivity contribution in [2.24, 2.45) is 0 Å². The van der Waals surface area contributed by atoms with E-state index >= 15 is 0 Å². The molecule has 0 aliphatic heterocycles. The van der Waals surface area contributed by atoms with Crippen molar-refractivity contribution >= 4 is 5.82 Å². The number of nitrogens with zero attached hydrogens (tertiary/aromatic N) is 2. The smallest absolute Gasteiger partial charge is 0.171 e. The number of anilines is 1. The van der Waals surface area contributed by atoms with Crippen LogP contribution in [0, 0.1) is 0 Å². The lowest BCUT2D eigenvalue weighted by Gasteiger charge is -2.23. The van der Waals surface area contributed by atoms with Crippen LogP contribution < -0.4 is 9.64 Å². The lowest BCUT2D eigenvalue weighted by atomic mass is 10.3. The first-order valence-corrected chi connectivity index (χ1v) is 5.66. The first kappa shape index (κ1) is 12.8. The van der Waals surface area contributed by atoms with Gasteiger partial charge in [0.2, 0.25) is 0 Å². The van der Waals surface area contributed by atoms with E-state index in [-0.39, 0.29) is 12.7 Å². The van der Waals surface area contributed by atoms with Gasteiger partial charge in [-0.1, -0.05) is 0 Å². The van der Waals surface area contributed by atoms with E-state index < -0.39 is 0 Å². The summed E-state index contributed by atoms with van der Waals surface area (Å²) in [6.07, 6.45) is 1.86. The predicted molar refractivity (Wildman–Crippen MR) is 65.0 cm³/mol. The molecule has 0 fully saturated rings. The zero-order valence-electron chi connectivity index (χ0n) is 10.2. The molecule has 0 amide bonds. The van der Waals surface area contributed by atoms with Crippen molar-refractivity contribution in [3.05, 3.63) is 18.3 Å². The lowest BCUT2D eigenvalue weighted by molar-refractivity contribution is 0.241. The summed E-state index contributed by atoms with van der Waals surface area (Å²) in [5.41, 5.74) is 0. The fourth-order valence-corrected chi connectivity index (χ4v) is 1.50. The Hall–Kier alpha value is -1.29. The Balaban J connectivity index is 2.91. The van der Waals surface area contributed by atoms with Crippen LogP contribution in [-0.2, 0) is 0 Å². The first-order chi connectivity index (χ1) is 7.69. The summed E-state index contributed by atoms with van der Waals surface area (Å²) < 4.78 is 5.69. The molecule has 4 nitrogen and oxygen atoms in total. The Bertz CT molecular complexity index is 316. The summed E-state index contributed by atoms with van der Waals surface area (Å²) in [5, 5.41) is 8.99. The number of rotatable bonds is 6. The number of aromatic nitrogens is 1. The van der Waals surface area contributed by atoms with E-state index in [9.17, 15) is 0 Å². The highest BCUT2D eigenvalue weighted by Crippen LogP contribution is 2.25. The van der Waals surface area contributed by atoms with Gasteiger partial charge < -0.3 is 14.7 Å². The number of hydrogen-bond acceptors (Lipinski definition) is 4. The van der Waals surface area contributed by atoms with Crippen LogP contribution >= 0.6 is 0 Å². The molecule has 1 aromatic heterocycles. The number of ether oxygens (including phenoxy) is 1. The maximum atomic E-state index is 8.99. The molecule has 0 saturated heterocycles. The van der Waals surface area contributed by atoms with Gasteiger partial charge in [0.05, 0.1) is 12.7 Å². The normalized spacial score (nSPS) is 10.6. The summed E-state index contributed by atoms with van der Waals surface area (Å²) in [7, 11) is 0. The second-order valence-corrected chi connectivity index (χ2v) is 3.80. The number of pyridine rings is 1. The van der Waals surface area contributed by atoms with Crippen molar-refractivity contribution < 1.29 is 9.84 Å². The van der Waals surface area contributed by atoms with E-state index in [0.717, 1.165) is 18.1 Å². The molecular formula is C12H20N2O2. The third kappa shape index (κ3) is 3.38. The van der Waals surface area contributed by atoms with E-state index in [0.29, 0.717) is 6.54 Å². The standard InChI is InChI=1S/C12H20N2O2/c1-4-14(8-9-15)12-11(16-10(2)3)6-5-7-13-12/h5-7,10,15H,4,8-9H2,1-3H3. The summed E-state index contributed by atoms with van der Waals surface area (Å²) in [5.74, 6) is 1.57. The van der Waals surface area contributed by atoms with Crippen LogP contribution in [0.5, 0.6) is 5.75 Å². The van der Waals surface area contributed by atoms with Crippen molar-refractivity contribution in [1.82, 2.24) is 4.98 Å². The van der Waals surface area contributed by atoms with Gasteiger partial charge in [-0.25, -0.2) is 4.98 Å². The van der Waals surface area contributed by atoms with Crippen LogP contribution in [0.3, 0.4) is 0 Å². The second-order valence-electron chi connectivity index (χ2n) is 3.80. The number of aliphatic hydroxyl groups is 1. The summed E-state index contributed by atoms with van der Waals surface area (Å²) >= 11 is 0.